The standard InChI is InChI=1S/C12H18N2O2S/c1-9(8-17-2)5-13-7-11-4-3-10(6-14-11)12(15)16/h3-4,6,9,13H,5,7-8H2,1-2H3,(H,15,16). The van der Waals surface area contributed by atoms with Gasteiger partial charge in [0.25, 0.3) is 0 Å². The molecule has 1 unspecified atom stereocenters. The lowest BCUT2D eigenvalue weighted by Crippen LogP contribution is -2.22. The van der Waals surface area contributed by atoms with Crippen molar-refractivity contribution in [2.45, 2.75) is 13.5 Å². The number of carbonyl (C=O) groups is 1. The summed E-state index contributed by atoms with van der Waals surface area (Å²) in [6.45, 7) is 3.83. The van der Waals surface area contributed by atoms with Crippen LogP contribution in [0.15, 0.2) is 18.3 Å². The van der Waals surface area contributed by atoms with E-state index >= 15 is 0 Å². The Morgan fingerprint density at radius 1 is 1.59 bits per heavy atom. The molecule has 2 N–H and O–H groups in total. The number of carboxylic acid groups (broad SMARTS) is 1. The fourth-order valence-electron chi connectivity index (χ4n) is 1.45. The number of hydrogen-bond donors (Lipinski definition) is 2. The van der Waals surface area contributed by atoms with Crippen LogP contribution in [0.4, 0.5) is 0 Å². The molecule has 1 aromatic heterocycles. The topological polar surface area (TPSA) is 62.2 Å². The summed E-state index contributed by atoms with van der Waals surface area (Å²) in [5, 5.41) is 12.0. The average Bonchev–Trinajstić information content (AvgIpc) is 2.30. The third-order valence-corrected chi connectivity index (χ3v) is 3.22. The smallest absolute Gasteiger partial charge is 0.337 e. The highest BCUT2D eigenvalue weighted by Gasteiger charge is 2.03. The molecule has 0 amide bonds. The minimum atomic E-state index is -0.939. The summed E-state index contributed by atoms with van der Waals surface area (Å²) in [6.07, 6.45) is 3.49. The SMILES string of the molecule is CSCC(C)CNCc1ccc(C(=O)O)cn1. The van der Waals surface area contributed by atoms with Crippen LogP contribution in [-0.4, -0.2) is 34.6 Å². The fraction of sp³-hybridized carbons (Fsp3) is 0.500. The number of pyridine rings is 1. The van der Waals surface area contributed by atoms with Crippen LogP contribution in [-0.2, 0) is 6.54 Å². The first-order valence-corrected chi connectivity index (χ1v) is 6.90. The van der Waals surface area contributed by atoms with E-state index in [9.17, 15) is 4.79 Å². The molecule has 0 saturated carbocycles. The Balaban J connectivity index is 2.34. The largest absolute Gasteiger partial charge is 0.478 e. The van der Waals surface area contributed by atoms with Crippen LogP contribution in [0.3, 0.4) is 0 Å². The Labute approximate surface area is 106 Å². The lowest BCUT2D eigenvalue weighted by atomic mass is 10.2. The van der Waals surface area contributed by atoms with Crippen LogP contribution in [0, 0.1) is 5.92 Å². The maximum Gasteiger partial charge on any atom is 0.337 e. The van der Waals surface area contributed by atoms with Crippen molar-refractivity contribution in [1.29, 1.82) is 0 Å². The second-order valence-electron chi connectivity index (χ2n) is 4.03. The van der Waals surface area contributed by atoms with E-state index in [1.807, 2.05) is 11.8 Å². The number of rotatable bonds is 7. The fourth-order valence-corrected chi connectivity index (χ4v) is 2.13. The number of nitrogens with one attached hydrogen (secondary N) is 1. The molecular formula is C12H18N2O2S. The molecule has 0 spiro atoms. The van der Waals surface area contributed by atoms with E-state index < -0.39 is 5.97 Å². The van der Waals surface area contributed by atoms with Gasteiger partial charge in [0, 0.05) is 12.7 Å². The second kappa shape index (κ2) is 7.29. The van der Waals surface area contributed by atoms with Gasteiger partial charge in [-0.3, -0.25) is 4.98 Å². The predicted molar refractivity (Wildman–Crippen MR) is 70.4 cm³/mol. The maximum atomic E-state index is 10.6. The third-order valence-electron chi connectivity index (χ3n) is 2.32. The molecule has 0 aliphatic carbocycles. The summed E-state index contributed by atoms with van der Waals surface area (Å²) in [4.78, 5) is 14.7. The zero-order valence-electron chi connectivity index (χ0n) is 10.1. The number of carboxylic acids is 1. The summed E-state index contributed by atoms with van der Waals surface area (Å²) in [6, 6.07) is 3.33. The third kappa shape index (κ3) is 5.19. The van der Waals surface area contributed by atoms with Crippen molar-refractivity contribution in [3.8, 4) is 0 Å². The summed E-state index contributed by atoms with van der Waals surface area (Å²) >= 11 is 1.84. The molecule has 0 bridgehead atoms. The van der Waals surface area contributed by atoms with Crippen molar-refractivity contribution in [2.75, 3.05) is 18.6 Å². The minimum absolute atomic E-state index is 0.226. The molecule has 0 fully saturated rings. The zero-order valence-corrected chi connectivity index (χ0v) is 11.0. The molecule has 94 valence electrons. The van der Waals surface area contributed by atoms with Crippen molar-refractivity contribution in [1.82, 2.24) is 10.3 Å². The van der Waals surface area contributed by atoms with Crippen molar-refractivity contribution >= 4 is 17.7 Å². The Bertz CT molecular complexity index is 354. The van der Waals surface area contributed by atoms with E-state index in [4.69, 9.17) is 5.11 Å². The molecule has 1 aromatic rings. The predicted octanol–water partition coefficient (Wildman–Crippen LogP) is 1.87. The van der Waals surface area contributed by atoms with Gasteiger partial charge in [-0.05, 0) is 36.6 Å². The van der Waals surface area contributed by atoms with Crippen molar-refractivity contribution in [3.05, 3.63) is 29.6 Å². The van der Waals surface area contributed by atoms with Crippen LogP contribution in [0.2, 0.25) is 0 Å². The van der Waals surface area contributed by atoms with Gasteiger partial charge in [-0.1, -0.05) is 6.92 Å². The Kier molecular flexibility index (Phi) is 6.00. The van der Waals surface area contributed by atoms with Gasteiger partial charge in [0.1, 0.15) is 0 Å². The van der Waals surface area contributed by atoms with Crippen LogP contribution in [0.5, 0.6) is 0 Å². The maximum absolute atomic E-state index is 10.6. The van der Waals surface area contributed by atoms with E-state index in [1.54, 1.807) is 12.1 Å². The van der Waals surface area contributed by atoms with Crippen LogP contribution in [0.1, 0.15) is 23.0 Å². The molecule has 1 rings (SSSR count). The van der Waals surface area contributed by atoms with Crippen LogP contribution < -0.4 is 5.32 Å². The molecule has 1 atom stereocenters. The van der Waals surface area contributed by atoms with Gasteiger partial charge in [-0.25, -0.2) is 4.79 Å². The highest BCUT2D eigenvalue weighted by molar-refractivity contribution is 7.98. The quantitative estimate of drug-likeness (QED) is 0.777. The first kappa shape index (κ1) is 14.0. The summed E-state index contributed by atoms with van der Waals surface area (Å²) in [5.74, 6) is 0.826. The molecule has 5 heteroatoms. The Morgan fingerprint density at radius 2 is 2.35 bits per heavy atom. The van der Waals surface area contributed by atoms with E-state index in [1.165, 1.54) is 6.20 Å². The highest BCUT2D eigenvalue weighted by Crippen LogP contribution is 2.04. The molecule has 17 heavy (non-hydrogen) atoms. The van der Waals surface area contributed by atoms with Gasteiger partial charge in [-0.2, -0.15) is 11.8 Å². The molecule has 4 nitrogen and oxygen atoms in total. The zero-order chi connectivity index (χ0) is 12.7. The van der Waals surface area contributed by atoms with E-state index in [0.29, 0.717) is 12.5 Å². The Morgan fingerprint density at radius 3 is 2.88 bits per heavy atom. The van der Waals surface area contributed by atoms with Gasteiger partial charge in [0.2, 0.25) is 0 Å². The van der Waals surface area contributed by atoms with E-state index in [2.05, 4.69) is 23.5 Å². The van der Waals surface area contributed by atoms with Crippen LogP contribution in [0.25, 0.3) is 0 Å². The average molecular weight is 254 g/mol. The number of thioether (sulfide) groups is 1. The highest BCUT2D eigenvalue weighted by atomic mass is 32.2. The summed E-state index contributed by atoms with van der Waals surface area (Å²) in [7, 11) is 0. The first-order valence-electron chi connectivity index (χ1n) is 5.51. The van der Waals surface area contributed by atoms with Gasteiger partial charge < -0.3 is 10.4 Å². The van der Waals surface area contributed by atoms with Crippen molar-refractivity contribution < 1.29 is 9.90 Å². The molecule has 1 heterocycles. The number of hydrogen-bond acceptors (Lipinski definition) is 4. The van der Waals surface area contributed by atoms with Gasteiger partial charge >= 0.3 is 5.97 Å². The van der Waals surface area contributed by atoms with Gasteiger partial charge in [-0.15, -0.1) is 0 Å². The molecule has 0 aliphatic rings. The lowest BCUT2D eigenvalue weighted by molar-refractivity contribution is 0.0696. The molecule has 0 radical (unpaired) electrons. The first-order chi connectivity index (χ1) is 8.13. The lowest BCUT2D eigenvalue weighted by Gasteiger charge is -2.10. The number of aromatic carboxylic acids is 1. The number of aromatic nitrogens is 1. The second-order valence-corrected chi connectivity index (χ2v) is 4.95. The van der Waals surface area contributed by atoms with Crippen molar-refractivity contribution in [2.24, 2.45) is 5.92 Å². The van der Waals surface area contributed by atoms with Crippen molar-refractivity contribution in [3.63, 3.8) is 0 Å². The normalized spacial score (nSPS) is 12.4. The molecule has 0 aromatic carbocycles. The minimum Gasteiger partial charge on any atom is -0.478 e. The molecule has 0 aliphatic heterocycles. The van der Waals surface area contributed by atoms with E-state index in [-0.39, 0.29) is 5.56 Å². The van der Waals surface area contributed by atoms with E-state index in [0.717, 1.165) is 18.0 Å². The monoisotopic (exact) mass is 254 g/mol. The summed E-state index contributed by atoms with van der Waals surface area (Å²) in [5.41, 5.74) is 1.09. The van der Waals surface area contributed by atoms with Gasteiger partial charge in [0.05, 0.1) is 11.3 Å². The number of nitrogens with zero attached hydrogens (tertiary/aromatic N) is 1. The van der Waals surface area contributed by atoms with Gasteiger partial charge in [0.15, 0.2) is 0 Å². The molecular weight excluding hydrogens is 236 g/mol. The Hall–Kier alpha value is -1.07. The van der Waals surface area contributed by atoms with Crippen LogP contribution >= 0.6 is 11.8 Å². The summed E-state index contributed by atoms with van der Waals surface area (Å²) < 4.78 is 0. The molecule has 0 saturated heterocycles.